The number of methoxy groups -OCH3 is 1. The van der Waals surface area contributed by atoms with Crippen molar-refractivity contribution in [3.8, 4) is 11.4 Å². The summed E-state index contributed by atoms with van der Waals surface area (Å²) >= 11 is 0. The maximum Gasteiger partial charge on any atom is 0.211 e. The Hall–Kier alpha value is -2.63. The van der Waals surface area contributed by atoms with Crippen LogP contribution in [0.15, 0.2) is 35.1 Å². The van der Waals surface area contributed by atoms with E-state index < -0.39 is 0 Å². The van der Waals surface area contributed by atoms with Crippen molar-refractivity contribution in [2.45, 2.75) is 6.92 Å². The zero-order valence-corrected chi connectivity index (χ0v) is 10.7. The van der Waals surface area contributed by atoms with Crippen LogP contribution in [-0.4, -0.2) is 22.7 Å². The molecule has 0 fully saturated rings. The smallest absolute Gasteiger partial charge is 0.211 e. The molecule has 19 heavy (non-hydrogen) atoms. The number of nitrogen functional groups attached to an aromatic ring is 1. The molecular weight excluding hydrogens is 244 g/mol. The Morgan fingerprint density at radius 2 is 2.00 bits per heavy atom. The summed E-state index contributed by atoms with van der Waals surface area (Å²) in [6.07, 6.45) is 0. The van der Waals surface area contributed by atoms with Crippen LogP contribution in [0.2, 0.25) is 0 Å². The van der Waals surface area contributed by atoms with Gasteiger partial charge in [0.15, 0.2) is 5.69 Å². The lowest BCUT2D eigenvalue weighted by Crippen LogP contribution is -2.27. The van der Waals surface area contributed by atoms with Crippen LogP contribution in [0, 0.1) is 12.3 Å². The minimum atomic E-state index is -0.352. The molecule has 2 aromatic rings. The summed E-state index contributed by atoms with van der Waals surface area (Å²) < 4.78 is 6.65. The molecule has 0 unspecified atom stereocenters. The predicted molar refractivity (Wildman–Crippen MR) is 72.1 cm³/mol. The van der Waals surface area contributed by atoms with Crippen LogP contribution in [-0.2, 0) is 0 Å². The number of nitrogens with two attached hydrogens (primary N) is 1. The number of nitrogens with zero attached hydrogens (tertiary/aromatic N) is 2. The third-order valence-electron chi connectivity index (χ3n) is 2.68. The molecule has 98 valence electrons. The maximum absolute atomic E-state index is 11.6. The summed E-state index contributed by atoms with van der Waals surface area (Å²) in [4.78, 5) is 11.6. The van der Waals surface area contributed by atoms with Gasteiger partial charge in [-0.2, -0.15) is 5.10 Å². The van der Waals surface area contributed by atoms with E-state index in [0.29, 0.717) is 5.69 Å². The number of hydrogen-bond acceptors (Lipinski definition) is 4. The van der Waals surface area contributed by atoms with Crippen molar-refractivity contribution in [1.82, 2.24) is 9.78 Å². The van der Waals surface area contributed by atoms with Crippen molar-refractivity contribution in [3.63, 3.8) is 0 Å². The third kappa shape index (κ3) is 2.47. The Kier molecular flexibility index (Phi) is 3.33. The molecule has 0 aliphatic heterocycles. The standard InChI is InChI=1S/C13H14N4O2/c1-8-7-11(18)12(13(14)15)16-17(8)9-3-5-10(19-2)6-4-9/h3-7H,1-2H3,(H3,14,15). The predicted octanol–water partition coefficient (Wildman–Crippen LogP) is 0.834. The van der Waals surface area contributed by atoms with E-state index >= 15 is 0 Å². The van der Waals surface area contributed by atoms with Crippen molar-refractivity contribution in [3.05, 3.63) is 51.9 Å². The molecule has 1 aromatic heterocycles. The largest absolute Gasteiger partial charge is 0.497 e. The topological polar surface area (TPSA) is 94.0 Å². The van der Waals surface area contributed by atoms with E-state index in [0.717, 1.165) is 11.4 Å². The van der Waals surface area contributed by atoms with Gasteiger partial charge in [-0.05, 0) is 31.2 Å². The molecule has 2 rings (SSSR count). The molecule has 0 bridgehead atoms. The molecule has 0 aliphatic rings. The maximum atomic E-state index is 11.6. The third-order valence-corrected chi connectivity index (χ3v) is 2.68. The molecule has 3 N–H and O–H groups in total. The summed E-state index contributed by atoms with van der Waals surface area (Å²) in [5, 5.41) is 11.5. The first-order valence-electron chi connectivity index (χ1n) is 5.62. The van der Waals surface area contributed by atoms with Crippen LogP contribution in [0.1, 0.15) is 11.4 Å². The number of aromatic nitrogens is 2. The minimum absolute atomic E-state index is 0.0542. The van der Waals surface area contributed by atoms with Gasteiger partial charge in [0.25, 0.3) is 0 Å². The molecule has 1 heterocycles. The average Bonchev–Trinajstić information content (AvgIpc) is 2.38. The normalized spacial score (nSPS) is 10.2. The second kappa shape index (κ2) is 4.93. The second-order valence-electron chi connectivity index (χ2n) is 4.02. The zero-order chi connectivity index (χ0) is 14.0. The average molecular weight is 258 g/mol. The van der Waals surface area contributed by atoms with Gasteiger partial charge < -0.3 is 10.5 Å². The Labute approximate surface area is 110 Å². The van der Waals surface area contributed by atoms with Crippen molar-refractivity contribution in [1.29, 1.82) is 5.41 Å². The second-order valence-corrected chi connectivity index (χ2v) is 4.02. The van der Waals surface area contributed by atoms with Crippen molar-refractivity contribution < 1.29 is 4.74 Å². The van der Waals surface area contributed by atoms with Gasteiger partial charge >= 0.3 is 0 Å². The van der Waals surface area contributed by atoms with Gasteiger partial charge in [-0.25, -0.2) is 4.68 Å². The van der Waals surface area contributed by atoms with E-state index in [4.69, 9.17) is 15.9 Å². The minimum Gasteiger partial charge on any atom is -0.497 e. The molecule has 0 aliphatic carbocycles. The van der Waals surface area contributed by atoms with Gasteiger partial charge in [0.05, 0.1) is 12.8 Å². The van der Waals surface area contributed by atoms with Gasteiger partial charge in [0, 0.05) is 11.8 Å². The number of aryl methyl sites for hydroxylation is 1. The quantitative estimate of drug-likeness (QED) is 0.630. The van der Waals surface area contributed by atoms with Crippen LogP contribution in [0.3, 0.4) is 0 Å². The Balaban J connectivity index is 2.57. The summed E-state index contributed by atoms with van der Waals surface area (Å²) in [7, 11) is 1.59. The highest BCUT2D eigenvalue weighted by Gasteiger charge is 2.09. The number of hydrogen-bond donors (Lipinski definition) is 2. The van der Waals surface area contributed by atoms with Crippen LogP contribution in [0.5, 0.6) is 5.75 Å². The molecule has 0 atom stereocenters. The highest BCUT2D eigenvalue weighted by Crippen LogP contribution is 2.15. The lowest BCUT2D eigenvalue weighted by atomic mass is 10.2. The Morgan fingerprint density at radius 3 is 2.53 bits per heavy atom. The summed E-state index contributed by atoms with van der Waals surface area (Å²) in [6.45, 7) is 1.77. The lowest BCUT2D eigenvalue weighted by molar-refractivity contribution is 0.414. The van der Waals surface area contributed by atoms with E-state index in [9.17, 15) is 4.79 Å². The van der Waals surface area contributed by atoms with Crippen LogP contribution in [0.25, 0.3) is 5.69 Å². The van der Waals surface area contributed by atoms with Crippen LogP contribution >= 0.6 is 0 Å². The number of amidine groups is 1. The van der Waals surface area contributed by atoms with Crippen molar-refractivity contribution >= 4 is 5.84 Å². The fourth-order valence-electron chi connectivity index (χ4n) is 1.72. The molecule has 0 spiro atoms. The Morgan fingerprint density at radius 1 is 1.37 bits per heavy atom. The molecule has 0 amide bonds. The summed E-state index contributed by atoms with van der Waals surface area (Å²) in [6, 6.07) is 8.62. The fraction of sp³-hybridized carbons (Fsp3) is 0.154. The number of ether oxygens (including phenoxy) is 1. The first-order valence-corrected chi connectivity index (χ1v) is 5.62. The first kappa shape index (κ1) is 12.8. The van der Waals surface area contributed by atoms with Gasteiger partial charge in [0.1, 0.15) is 11.6 Å². The molecule has 0 radical (unpaired) electrons. The molecule has 6 heteroatoms. The van der Waals surface area contributed by atoms with Crippen LogP contribution < -0.4 is 15.9 Å². The number of nitrogens with one attached hydrogen (secondary N) is 1. The Bertz CT molecular complexity index is 674. The molecule has 0 saturated heterocycles. The van der Waals surface area contributed by atoms with Gasteiger partial charge in [-0.1, -0.05) is 0 Å². The molecular formula is C13H14N4O2. The van der Waals surface area contributed by atoms with Crippen molar-refractivity contribution in [2.24, 2.45) is 5.73 Å². The lowest BCUT2D eigenvalue weighted by Gasteiger charge is -2.11. The van der Waals surface area contributed by atoms with E-state index in [1.807, 2.05) is 12.1 Å². The van der Waals surface area contributed by atoms with Crippen molar-refractivity contribution in [2.75, 3.05) is 7.11 Å². The van der Waals surface area contributed by atoms with E-state index in [1.165, 1.54) is 6.07 Å². The van der Waals surface area contributed by atoms with E-state index in [-0.39, 0.29) is 17.0 Å². The van der Waals surface area contributed by atoms with Gasteiger partial charge in [-0.15, -0.1) is 0 Å². The number of rotatable bonds is 3. The molecule has 0 saturated carbocycles. The SMILES string of the molecule is COc1ccc(-n2nc(C(=N)N)c(=O)cc2C)cc1. The highest BCUT2D eigenvalue weighted by atomic mass is 16.5. The fourth-order valence-corrected chi connectivity index (χ4v) is 1.72. The monoisotopic (exact) mass is 258 g/mol. The van der Waals surface area contributed by atoms with E-state index in [2.05, 4.69) is 5.10 Å². The van der Waals surface area contributed by atoms with E-state index in [1.54, 1.807) is 30.8 Å². The first-order chi connectivity index (χ1) is 9.02. The van der Waals surface area contributed by atoms with Gasteiger partial charge in [-0.3, -0.25) is 10.2 Å². The number of benzene rings is 1. The summed E-state index contributed by atoms with van der Waals surface area (Å²) in [5.41, 5.74) is 6.37. The molecule has 6 nitrogen and oxygen atoms in total. The molecule has 1 aromatic carbocycles. The highest BCUT2D eigenvalue weighted by molar-refractivity contribution is 5.92. The van der Waals surface area contributed by atoms with Crippen LogP contribution in [0.4, 0.5) is 0 Å². The summed E-state index contributed by atoms with van der Waals surface area (Å²) in [5.74, 6) is 0.390. The van der Waals surface area contributed by atoms with Gasteiger partial charge in [0.2, 0.25) is 5.43 Å². The zero-order valence-electron chi connectivity index (χ0n) is 10.7.